The van der Waals surface area contributed by atoms with Gasteiger partial charge in [-0.25, -0.2) is 4.39 Å². The molecule has 1 aromatic heterocycles. The van der Waals surface area contributed by atoms with Gasteiger partial charge < -0.3 is 5.32 Å². The number of allylic oxidation sites excluding steroid dienone is 3. The van der Waals surface area contributed by atoms with Gasteiger partial charge in [-0.2, -0.15) is 5.26 Å². The number of nitrogens with zero attached hydrogens (tertiary/aromatic N) is 1. The molecule has 0 saturated carbocycles. The molecule has 1 aliphatic heterocycles. The van der Waals surface area contributed by atoms with Crippen LogP contribution in [0.3, 0.4) is 0 Å². The fourth-order valence-corrected chi connectivity index (χ4v) is 5.32. The van der Waals surface area contributed by atoms with E-state index in [1.54, 1.807) is 0 Å². The molecule has 4 nitrogen and oxygen atoms in total. The molecule has 0 amide bonds. The number of Topliss-reactive ketones (excluding diaryl/α,β-unsaturated/α-hetero) is 2. The summed E-state index contributed by atoms with van der Waals surface area (Å²) in [7, 11) is 0. The van der Waals surface area contributed by atoms with Crippen molar-refractivity contribution in [1.82, 2.24) is 5.32 Å². The van der Waals surface area contributed by atoms with Crippen molar-refractivity contribution in [1.29, 1.82) is 5.26 Å². The molecular weight excluding hydrogens is 407 g/mol. The molecule has 0 aliphatic carbocycles. The number of carbonyl (C=O) groups excluding carboxylic acids is 2. The van der Waals surface area contributed by atoms with Crippen LogP contribution in [0.2, 0.25) is 0 Å². The summed E-state index contributed by atoms with van der Waals surface area (Å²) in [4.78, 5) is 25.8. The molecule has 0 spiro atoms. The summed E-state index contributed by atoms with van der Waals surface area (Å²) in [5, 5.41) is 15.6. The number of benzene rings is 1. The highest BCUT2D eigenvalue weighted by Gasteiger charge is 2.34. The zero-order valence-electron chi connectivity index (χ0n) is 16.2. The van der Waals surface area contributed by atoms with E-state index in [9.17, 15) is 19.2 Å². The SMILES string of the molecule is CC(=O)C1=C(C)NC(SCC(=O)c2ccc(F)cc2)=C(C#N)C1c1sccc1C. The van der Waals surface area contributed by atoms with Crippen molar-refractivity contribution < 1.29 is 14.0 Å². The van der Waals surface area contributed by atoms with Crippen LogP contribution in [0.1, 0.15) is 40.6 Å². The second-order valence-corrected chi connectivity index (χ2v) is 8.63. The monoisotopic (exact) mass is 426 g/mol. The topological polar surface area (TPSA) is 70.0 Å². The highest BCUT2D eigenvalue weighted by molar-refractivity contribution is 8.03. The quantitative estimate of drug-likeness (QED) is 0.651. The average molecular weight is 427 g/mol. The van der Waals surface area contributed by atoms with Crippen LogP contribution in [-0.4, -0.2) is 17.3 Å². The Kier molecular flexibility index (Phi) is 6.36. The van der Waals surface area contributed by atoms with Crippen molar-refractivity contribution in [2.45, 2.75) is 26.7 Å². The van der Waals surface area contributed by atoms with E-state index < -0.39 is 11.7 Å². The van der Waals surface area contributed by atoms with Gasteiger partial charge in [-0.3, -0.25) is 9.59 Å². The molecule has 1 atom stereocenters. The molecule has 0 saturated heterocycles. The molecule has 3 rings (SSSR count). The van der Waals surface area contributed by atoms with Crippen LogP contribution in [0.4, 0.5) is 4.39 Å². The number of hydrogen-bond acceptors (Lipinski definition) is 6. The fraction of sp³-hybridized carbons (Fsp3) is 0.227. The number of thiophene rings is 1. The molecule has 1 aromatic carbocycles. The normalized spacial score (nSPS) is 16.4. The summed E-state index contributed by atoms with van der Waals surface area (Å²) in [5.41, 5.74) is 3.12. The molecule has 0 radical (unpaired) electrons. The molecule has 0 bridgehead atoms. The van der Waals surface area contributed by atoms with Crippen molar-refractivity contribution in [3.63, 3.8) is 0 Å². The molecule has 148 valence electrons. The molecule has 2 aromatic rings. The van der Waals surface area contributed by atoms with Gasteiger partial charge in [0.05, 0.1) is 28.3 Å². The summed E-state index contributed by atoms with van der Waals surface area (Å²) in [5.74, 6) is -0.999. The highest BCUT2D eigenvalue weighted by Crippen LogP contribution is 2.43. The number of nitriles is 1. The standard InChI is InChI=1S/C22H19FN2O2S2/c1-12-8-9-28-21(12)20-17(10-24)22(25-13(2)19(20)14(3)26)29-11-18(27)15-4-6-16(23)7-5-15/h4-9,20,25H,11H2,1-3H3. The van der Waals surface area contributed by atoms with Crippen molar-refractivity contribution in [2.75, 3.05) is 5.75 Å². The molecule has 1 N–H and O–H groups in total. The molecule has 7 heteroatoms. The van der Waals surface area contributed by atoms with Gasteiger partial charge in [0.25, 0.3) is 0 Å². The van der Waals surface area contributed by atoms with Crippen LogP contribution in [-0.2, 0) is 4.79 Å². The minimum absolute atomic E-state index is 0.0908. The van der Waals surface area contributed by atoms with Gasteiger partial charge in [-0.05, 0) is 62.0 Å². The number of carbonyl (C=O) groups is 2. The van der Waals surface area contributed by atoms with E-state index in [1.165, 1.54) is 54.3 Å². The minimum Gasteiger partial charge on any atom is -0.353 e. The van der Waals surface area contributed by atoms with Gasteiger partial charge in [0, 0.05) is 21.7 Å². The lowest BCUT2D eigenvalue weighted by atomic mass is 9.84. The Balaban J connectivity index is 1.94. The van der Waals surface area contributed by atoms with E-state index in [4.69, 9.17) is 0 Å². The lowest BCUT2D eigenvalue weighted by Crippen LogP contribution is -2.27. The Labute approximate surface area is 177 Å². The highest BCUT2D eigenvalue weighted by atomic mass is 32.2. The molecule has 2 heterocycles. The van der Waals surface area contributed by atoms with Crippen molar-refractivity contribution >= 4 is 34.7 Å². The van der Waals surface area contributed by atoms with E-state index >= 15 is 0 Å². The largest absolute Gasteiger partial charge is 0.353 e. The van der Waals surface area contributed by atoms with Gasteiger partial charge in [0.2, 0.25) is 0 Å². The Morgan fingerprint density at radius 3 is 2.48 bits per heavy atom. The first-order chi connectivity index (χ1) is 13.8. The van der Waals surface area contributed by atoms with Crippen LogP contribution < -0.4 is 5.32 Å². The van der Waals surface area contributed by atoms with Gasteiger partial charge in [-0.1, -0.05) is 11.8 Å². The van der Waals surface area contributed by atoms with Gasteiger partial charge in [0.1, 0.15) is 5.82 Å². The van der Waals surface area contributed by atoms with Gasteiger partial charge in [-0.15, -0.1) is 11.3 Å². The molecule has 0 fully saturated rings. The van der Waals surface area contributed by atoms with E-state index in [1.807, 2.05) is 25.3 Å². The van der Waals surface area contributed by atoms with E-state index in [0.717, 1.165) is 10.4 Å². The molecule has 29 heavy (non-hydrogen) atoms. The number of halogens is 1. The number of ketones is 2. The third-order valence-corrected chi connectivity index (χ3v) is 6.81. The summed E-state index contributed by atoms with van der Waals surface area (Å²) in [6.45, 7) is 5.27. The lowest BCUT2D eigenvalue weighted by Gasteiger charge is -2.29. The van der Waals surface area contributed by atoms with Crippen LogP contribution >= 0.6 is 23.1 Å². The molecular formula is C22H19FN2O2S2. The summed E-state index contributed by atoms with van der Waals surface area (Å²) in [6, 6.07) is 9.61. The Morgan fingerprint density at radius 1 is 1.24 bits per heavy atom. The lowest BCUT2D eigenvalue weighted by molar-refractivity contribution is -0.113. The van der Waals surface area contributed by atoms with E-state index in [2.05, 4.69) is 11.4 Å². The number of dihydropyridines is 1. The Bertz CT molecular complexity index is 1070. The molecule has 1 unspecified atom stereocenters. The summed E-state index contributed by atoms with van der Waals surface area (Å²) >= 11 is 2.74. The van der Waals surface area contributed by atoms with Gasteiger partial charge >= 0.3 is 0 Å². The average Bonchev–Trinajstić information content (AvgIpc) is 3.11. The third-order valence-electron chi connectivity index (χ3n) is 4.70. The minimum atomic E-state index is -0.442. The molecule has 1 aliphatic rings. The zero-order valence-corrected chi connectivity index (χ0v) is 17.8. The van der Waals surface area contributed by atoms with E-state index in [-0.39, 0.29) is 17.3 Å². The second-order valence-electron chi connectivity index (χ2n) is 6.69. The number of aryl methyl sites for hydroxylation is 1. The van der Waals surface area contributed by atoms with Crippen LogP contribution in [0.25, 0.3) is 0 Å². The van der Waals surface area contributed by atoms with Gasteiger partial charge in [0.15, 0.2) is 11.6 Å². The number of thioether (sulfide) groups is 1. The van der Waals surface area contributed by atoms with E-state index in [0.29, 0.717) is 27.4 Å². The third kappa shape index (κ3) is 4.34. The van der Waals surface area contributed by atoms with Crippen molar-refractivity contribution in [3.05, 3.63) is 79.4 Å². The van der Waals surface area contributed by atoms with Crippen LogP contribution in [0.15, 0.2) is 57.6 Å². The fourth-order valence-electron chi connectivity index (χ4n) is 3.29. The Morgan fingerprint density at radius 2 is 1.93 bits per heavy atom. The predicted molar refractivity (Wildman–Crippen MR) is 114 cm³/mol. The predicted octanol–water partition coefficient (Wildman–Crippen LogP) is 5.10. The summed E-state index contributed by atoms with van der Waals surface area (Å²) < 4.78 is 13.1. The van der Waals surface area contributed by atoms with Crippen LogP contribution in [0.5, 0.6) is 0 Å². The first kappa shape index (κ1) is 21.0. The first-order valence-electron chi connectivity index (χ1n) is 8.92. The number of rotatable bonds is 6. The maximum Gasteiger partial charge on any atom is 0.173 e. The maximum atomic E-state index is 13.1. The van der Waals surface area contributed by atoms with Crippen molar-refractivity contribution in [3.8, 4) is 6.07 Å². The first-order valence-corrected chi connectivity index (χ1v) is 10.8. The number of nitrogens with one attached hydrogen (secondary N) is 1. The van der Waals surface area contributed by atoms with Crippen LogP contribution in [0, 0.1) is 24.1 Å². The summed E-state index contributed by atoms with van der Waals surface area (Å²) in [6.07, 6.45) is 0. The number of hydrogen-bond donors (Lipinski definition) is 1. The maximum absolute atomic E-state index is 13.1. The second kappa shape index (κ2) is 8.76. The smallest absolute Gasteiger partial charge is 0.173 e. The zero-order chi connectivity index (χ0) is 21.1. The Hall–Kier alpha value is -2.69. The van der Waals surface area contributed by atoms with Crippen molar-refractivity contribution in [2.24, 2.45) is 0 Å².